The number of non-ortho nitro benzene ring substituents is 1. The van der Waals surface area contributed by atoms with Crippen molar-refractivity contribution < 1.29 is 24.0 Å². The normalized spacial score (nSPS) is 19.2. The van der Waals surface area contributed by atoms with Crippen LogP contribution in [0, 0.1) is 24.0 Å². The third-order valence-corrected chi connectivity index (χ3v) is 5.84. The first kappa shape index (κ1) is 23.1. The summed E-state index contributed by atoms with van der Waals surface area (Å²) in [5.74, 6) is -1.02. The van der Waals surface area contributed by atoms with E-state index in [1.54, 1.807) is 13.2 Å². The summed E-state index contributed by atoms with van der Waals surface area (Å²) in [5, 5.41) is 13.7. The van der Waals surface area contributed by atoms with Gasteiger partial charge in [0.25, 0.3) is 11.6 Å². The highest BCUT2D eigenvalue weighted by Crippen LogP contribution is 2.31. The Morgan fingerprint density at radius 1 is 1.28 bits per heavy atom. The van der Waals surface area contributed by atoms with E-state index in [-0.39, 0.29) is 23.1 Å². The molecule has 0 aliphatic carbocycles. The molecule has 1 aromatic carbocycles. The van der Waals surface area contributed by atoms with Crippen molar-refractivity contribution in [3.8, 4) is 0 Å². The minimum absolute atomic E-state index is 0.00966. The first-order valence-electron chi connectivity index (χ1n) is 10.1. The van der Waals surface area contributed by atoms with E-state index in [1.165, 1.54) is 31.2 Å². The molecule has 2 aromatic rings. The molecule has 0 saturated carbocycles. The van der Waals surface area contributed by atoms with Gasteiger partial charge in [0.15, 0.2) is 5.78 Å². The molecule has 1 fully saturated rings. The van der Waals surface area contributed by atoms with Crippen molar-refractivity contribution in [1.82, 2.24) is 14.8 Å². The molecule has 2 unspecified atom stereocenters. The van der Waals surface area contributed by atoms with Crippen molar-refractivity contribution in [2.24, 2.45) is 0 Å². The highest BCUT2D eigenvalue weighted by molar-refractivity contribution is 6.11. The van der Waals surface area contributed by atoms with Crippen molar-refractivity contribution >= 4 is 23.4 Å². The minimum Gasteiger partial charge on any atom is -0.383 e. The molecule has 1 saturated heterocycles. The lowest BCUT2D eigenvalue weighted by Crippen LogP contribution is -2.41. The number of methoxy groups -OCH3 is 1. The van der Waals surface area contributed by atoms with E-state index in [2.05, 4.69) is 5.32 Å². The summed E-state index contributed by atoms with van der Waals surface area (Å²) in [4.78, 5) is 50.2. The van der Waals surface area contributed by atoms with Crippen molar-refractivity contribution in [3.63, 3.8) is 0 Å². The lowest BCUT2D eigenvalue weighted by molar-refractivity contribution is -0.385. The number of imide groups is 1. The Morgan fingerprint density at radius 3 is 2.59 bits per heavy atom. The number of benzene rings is 1. The Hall–Kier alpha value is -3.53. The standard InChI is InChI=1S/C22H26N4O6/c1-13-9-18(15(3)25(13)14(2)12-32-5)19(27)11-24-20(28)22(4,23-21(24)29)16-7-6-8-17(10-16)26(30)31/h6-10,14H,11-12H2,1-5H3,(H,23,29). The number of amides is 3. The summed E-state index contributed by atoms with van der Waals surface area (Å²) < 4.78 is 7.19. The zero-order chi connectivity index (χ0) is 23.8. The topological polar surface area (TPSA) is 124 Å². The van der Waals surface area contributed by atoms with Gasteiger partial charge in [0.2, 0.25) is 0 Å². The van der Waals surface area contributed by atoms with Gasteiger partial charge in [-0.2, -0.15) is 0 Å². The van der Waals surface area contributed by atoms with Crippen molar-refractivity contribution in [1.29, 1.82) is 0 Å². The number of hydrogen-bond acceptors (Lipinski definition) is 6. The smallest absolute Gasteiger partial charge is 0.325 e. The number of carbonyl (C=O) groups excluding carboxylic acids is 3. The molecule has 0 bridgehead atoms. The molecule has 1 aliphatic rings. The Labute approximate surface area is 185 Å². The average molecular weight is 442 g/mol. The molecule has 1 N–H and O–H groups in total. The van der Waals surface area contributed by atoms with Gasteiger partial charge >= 0.3 is 6.03 Å². The number of rotatable bonds is 8. The Morgan fingerprint density at radius 2 is 1.97 bits per heavy atom. The molecule has 2 heterocycles. The summed E-state index contributed by atoms with van der Waals surface area (Å²) in [6.45, 7) is 7.17. The molecule has 10 nitrogen and oxygen atoms in total. The molecule has 170 valence electrons. The zero-order valence-electron chi connectivity index (χ0n) is 18.7. The Balaban J connectivity index is 1.86. The first-order valence-corrected chi connectivity index (χ1v) is 10.1. The van der Waals surface area contributed by atoms with Gasteiger partial charge in [0.1, 0.15) is 5.54 Å². The fraction of sp³-hybridized carbons (Fsp3) is 0.409. The van der Waals surface area contributed by atoms with Crippen LogP contribution in [0.25, 0.3) is 0 Å². The molecule has 2 atom stereocenters. The maximum absolute atomic E-state index is 13.1. The van der Waals surface area contributed by atoms with E-state index >= 15 is 0 Å². The summed E-state index contributed by atoms with van der Waals surface area (Å²) in [6.07, 6.45) is 0. The number of Topliss-reactive ketones (excluding diaryl/α,β-unsaturated/α-hetero) is 1. The van der Waals surface area contributed by atoms with Crippen LogP contribution >= 0.6 is 0 Å². The SMILES string of the molecule is COCC(C)n1c(C)cc(C(=O)CN2C(=O)NC(C)(c3cccc([N+](=O)[O-])c3)C2=O)c1C. The molecule has 10 heteroatoms. The third kappa shape index (κ3) is 3.89. The first-order chi connectivity index (χ1) is 15.0. The van der Waals surface area contributed by atoms with Crippen molar-refractivity contribution in [2.45, 2.75) is 39.3 Å². The summed E-state index contributed by atoms with van der Waals surface area (Å²) >= 11 is 0. The van der Waals surface area contributed by atoms with E-state index in [1.807, 2.05) is 25.3 Å². The number of aromatic nitrogens is 1. The van der Waals surface area contributed by atoms with E-state index in [0.29, 0.717) is 12.2 Å². The lowest BCUT2D eigenvalue weighted by Gasteiger charge is -2.22. The van der Waals surface area contributed by atoms with E-state index in [9.17, 15) is 24.5 Å². The van der Waals surface area contributed by atoms with E-state index in [4.69, 9.17) is 4.74 Å². The number of carbonyl (C=O) groups is 3. The Bertz CT molecular complexity index is 1110. The van der Waals surface area contributed by atoms with Gasteiger partial charge in [-0.15, -0.1) is 0 Å². The lowest BCUT2D eigenvalue weighted by atomic mass is 9.91. The Kier molecular flexibility index (Phi) is 6.18. The van der Waals surface area contributed by atoms with Crippen LogP contribution in [-0.2, 0) is 15.1 Å². The van der Waals surface area contributed by atoms with Crippen molar-refractivity contribution in [3.05, 3.63) is 63.0 Å². The third-order valence-electron chi connectivity index (χ3n) is 5.84. The molecule has 3 rings (SSSR count). The van der Waals surface area contributed by atoms with Crippen LogP contribution < -0.4 is 5.32 Å². The number of nitrogens with one attached hydrogen (secondary N) is 1. The fourth-order valence-corrected chi connectivity index (χ4v) is 4.25. The zero-order valence-corrected chi connectivity index (χ0v) is 18.7. The van der Waals surface area contributed by atoms with Crippen LogP contribution in [0.3, 0.4) is 0 Å². The predicted molar refractivity (Wildman–Crippen MR) is 116 cm³/mol. The average Bonchev–Trinajstić information content (AvgIpc) is 3.16. The molecule has 1 aliphatic heterocycles. The molecular formula is C22H26N4O6. The number of urea groups is 1. The maximum Gasteiger partial charge on any atom is 0.325 e. The highest BCUT2D eigenvalue weighted by atomic mass is 16.6. The second-order valence-corrected chi connectivity index (χ2v) is 8.14. The van der Waals surface area contributed by atoms with Crippen LogP contribution in [0.15, 0.2) is 30.3 Å². The van der Waals surface area contributed by atoms with Crippen LogP contribution in [-0.4, -0.2) is 52.4 Å². The number of nitro benzene ring substituents is 1. The molecule has 1 aromatic heterocycles. The van der Waals surface area contributed by atoms with Gasteiger partial charge in [-0.1, -0.05) is 12.1 Å². The quantitative estimate of drug-likeness (QED) is 0.290. The highest BCUT2D eigenvalue weighted by Gasteiger charge is 2.50. The fourth-order valence-electron chi connectivity index (χ4n) is 4.25. The molecule has 32 heavy (non-hydrogen) atoms. The molecule has 0 radical (unpaired) electrons. The number of aryl methyl sites for hydroxylation is 1. The maximum atomic E-state index is 13.1. The van der Waals surface area contributed by atoms with Crippen LogP contribution in [0.1, 0.15) is 47.2 Å². The molecule has 0 spiro atoms. The van der Waals surface area contributed by atoms with Gasteiger partial charge in [-0.3, -0.25) is 24.6 Å². The number of hydrogen-bond donors (Lipinski definition) is 1. The monoisotopic (exact) mass is 442 g/mol. The largest absolute Gasteiger partial charge is 0.383 e. The second-order valence-electron chi connectivity index (χ2n) is 8.14. The molecular weight excluding hydrogens is 416 g/mol. The van der Waals surface area contributed by atoms with Crippen molar-refractivity contribution in [2.75, 3.05) is 20.3 Å². The predicted octanol–water partition coefficient (Wildman–Crippen LogP) is 2.87. The van der Waals surface area contributed by atoms with Gasteiger partial charge in [-0.25, -0.2) is 4.79 Å². The van der Waals surface area contributed by atoms with Gasteiger partial charge in [0.05, 0.1) is 24.1 Å². The van der Waals surface area contributed by atoms with Crippen LogP contribution in [0.4, 0.5) is 10.5 Å². The van der Waals surface area contributed by atoms with Gasteiger partial charge < -0.3 is 14.6 Å². The second kappa shape index (κ2) is 8.54. The van der Waals surface area contributed by atoms with E-state index < -0.39 is 28.9 Å². The van der Waals surface area contributed by atoms with Crippen LogP contribution in [0.2, 0.25) is 0 Å². The molecule has 3 amide bonds. The summed E-state index contributed by atoms with van der Waals surface area (Å²) in [7, 11) is 1.60. The number of ketones is 1. The van der Waals surface area contributed by atoms with E-state index in [0.717, 1.165) is 16.3 Å². The number of ether oxygens (including phenoxy) is 1. The number of nitrogens with zero attached hydrogens (tertiary/aromatic N) is 3. The van der Waals surface area contributed by atoms with Gasteiger partial charge in [-0.05, 0) is 39.3 Å². The number of nitro groups is 1. The summed E-state index contributed by atoms with van der Waals surface area (Å²) in [5.41, 5.74) is 0.590. The minimum atomic E-state index is -1.51. The van der Waals surface area contributed by atoms with Gasteiger partial charge in [0, 0.05) is 36.2 Å². The summed E-state index contributed by atoms with van der Waals surface area (Å²) in [6, 6.07) is 6.55. The van der Waals surface area contributed by atoms with Crippen LogP contribution in [0.5, 0.6) is 0 Å².